The fraction of sp³-hybridized carbons (Fsp3) is 0.364. The fourth-order valence-electron chi connectivity index (χ4n) is 3.86. The highest BCUT2D eigenvalue weighted by atomic mass is 16.5. The smallest absolute Gasteiger partial charge is 0.261 e. The van der Waals surface area contributed by atoms with Gasteiger partial charge in [0.25, 0.3) is 5.89 Å². The van der Waals surface area contributed by atoms with Gasteiger partial charge in [-0.3, -0.25) is 9.67 Å². The molecule has 32 heavy (non-hydrogen) atoms. The molecule has 1 fully saturated rings. The van der Waals surface area contributed by atoms with Crippen molar-refractivity contribution >= 4 is 5.82 Å². The zero-order chi connectivity index (χ0) is 22.1. The quantitative estimate of drug-likeness (QED) is 0.446. The average Bonchev–Trinajstić information content (AvgIpc) is 3.37. The summed E-state index contributed by atoms with van der Waals surface area (Å²) in [6.45, 7) is 3.40. The summed E-state index contributed by atoms with van der Waals surface area (Å²) in [5.41, 5.74) is 8.46. The lowest BCUT2D eigenvalue weighted by Crippen LogP contribution is -2.28. The third kappa shape index (κ3) is 3.73. The Morgan fingerprint density at radius 1 is 1.12 bits per heavy atom. The second kappa shape index (κ2) is 8.12. The second-order valence-electron chi connectivity index (χ2n) is 8.14. The molecule has 0 bridgehead atoms. The van der Waals surface area contributed by atoms with Crippen molar-refractivity contribution in [3.63, 3.8) is 0 Å². The molecule has 0 aliphatic heterocycles. The average molecular weight is 432 g/mol. The molecule has 10 heteroatoms. The van der Waals surface area contributed by atoms with Gasteiger partial charge in [0.15, 0.2) is 5.82 Å². The van der Waals surface area contributed by atoms with Gasteiger partial charge in [-0.1, -0.05) is 11.2 Å². The normalized spacial score (nSPS) is 15.6. The maximum absolute atomic E-state index is 5.63. The van der Waals surface area contributed by atoms with E-state index in [1.54, 1.807) is 24.2 Å². The molecule has 4 aromatic rings. The largest absolute Gasteiger partial charge is 0.383 e. The molecule has 4 aromatic heterocycles. The minimum Gasteiger partial charge on any atom is -0.383 e. The Morgan fingerprint density at radius 3 is 2.66 bits per heavy atom. The lowest BCUT2D eigenvalue weighted by atomic mass is 9.77. The SMILES string of the molecule is COCCn1cc(-c2nc([C@](C)(c3ccc(-c4cnc(N)cn4)nc3)C3CC3)no2)cn1. The highest BCUT2D eigenvalue weighted by molar-refractivity contribution is 5.55. The van der Waals surface area contributed by atoms with Crippen LogP contribution in [-0.4, -0.2) is 48.6 Å². The lowest BCUT2D eigenvalue weighted by Gasteiger charge is -2.26. The van der Waals surface area contributed by atoms with E-state index in [1.165, 1.54) is 6.20 Å². The van der Waals surface area contributed by atoms with E-state index < -0.39 is 5.41 Å². The first kappa shape index (κ1) is 20.3. The molecule has 0 saturated heterocycles. The first-order valence-corrected chi connectivity index (χ1v) is 10.5. The summed E-state index contributed by atoms with van der Waals surface area (Å²) < 4.78 is 12.5. The van der Waals surface area contributed by atoms with Crippen LogP contribution in [0.25, 0.3) is 22.8 Å². The predicted molar refractivity (Wildman–Crippen MR) is 116 cm³/mol. The molecule has 0 spiro atoms. The molecule has 5 rings (SSSR count). The summed E-state index contributed by atoms with van der Waals surface area (Å²) in [6, 6.07) is 3.99. The summed E-state index contributed by atoms with van der Waals surface area (Å²) >= 11 is 0. The van der Waals surface area contributed by atoms with Crippen LogP contribution in [0.1, 0.15) is 31.2 Å². The number of nitrogens with zero attached hydrogens (tertiary/aromatic N) is 7. The molecular weight excluding hydrogens is 408 g/mol. The van der Waals surface area contributed by atoms with Crippen LogP contribution in [0.2, 0.25) is 0 Å². The number of anilines is 1. The summed E-state index contributed by atoms with van der Waals surface area (Å²) in [4.78, 5) is 17.8. The van der Waals surface area contributed by atoms with Crippen LogP contribution in [0.3, 0.4) is 0 Å². The molecule has 4 heterocycles. The van der Waals surface area contributed by atoms with Gasteiger partial charge in [-0.2, -0.15) is 10.1 Å². The van der Waals surface area contributed by atoms with E-state index in [-0.39, 0.29) is 0 Å². The molecule has 0 aromatic carbocycles. The number of hydrogen-bond donors (Lipinski definition) is 1. The standard InChI is InChI=1S/C22H24N8O2/c1-22(15-3-4-15,16-5-6-17(24-10-16)18-11-26-19(23)12-25-18)21-28-20(32-29-21)14-9-27-30(13-14)7-8-31-2/h5-6,9-13,15H,3-4,7-8H2,1-2H3,(H2,23,26)/t22-/m0/s1. The summed E-state index contributed by atoms with van der Waals surface area (Å²) in [5, 5.41) is 8.68. The molecule has 2 N–H and O–H groups in total. The molecule has 10 nitrogen and oxygen atoms in total. The van der Waals surface area contributed by atoms with E-state index >= 15 is 0 Å². The lowest BCUT2D eigenvalue weighted by molar-refractivity contribution is 0.183. The Balaban J connectivity index is 1.43. The number of nitrogen functional groups attached to an aromatic ring is 1. The molecule has 1 aliphatic carbocycles. The molecule has 1 saturated carbocycles. The van der Waals surface area contributed by atoms with Gasteiger partial charge in [-0.05, 0) is 37.3 Å². The molecule has 0 radical (unpaired) electrons. The summed E-state index contributed by atoms with van der Waals surface area (Å²) in [6.07, 6.45) is 10.8. The second-order valence-corrected chi connectivity index (χ2v) is 8.14. The van der Waals surface area contributed by atoms with Gasteiger partial charge in [-0.15, -0.1) is 0 Å². The van der Waals surface area contributed by atoms with Gasteiger partial charge in [0.1, 0.15) is 11.5 Å². The van der Waals surface area contributed by atoms with Gasteiger partial charge in [-0.25, -0.2) is 9.97 Å². The predicted octanol–water partition coefficient (Wildman–Crippen LogP) is 2.73. The first-order valence-electron chi connectivity index (χ1n) is 10.5. The fourth-order valence-corrected chi connectivity index (χ4v) is 3.86. The van der Waals surface area contributed by atoms with Crippen molar-refractivity contribution in [2.75, 3.05) is 19.5 Å². The van der Waals surface area contributed by atoms with Crippen LogP contribution in [0.15, 0.2) is 47.6 Å². The summed E-state index contributed by atoms with van der Waals surface area (Å²) in [7, 11) is 1.66. The zero-order valence-corrected chi connectivity index (χ0v) is 18.0. The molecule has 0 unspecified atom stereocenters. The maximum atomic E-state index is 5.63. The number of nitrogens with two attached hydrogens (primary N) is 1. The van der Waals surface area contributed by atoms with Gasteiger partial charge in [0.2, 0.25) is 0 Å². The first-order chi connectivity index (χ1) is 15.6. The Kier molecular flexibility index (Phi) is 5.14. The Bertz CT molecular complexity index is 1200. The van der Waals surface area contributed by atoms with Crippen LogP contribution >= 0.6 is 0 Å². The topological polar surface area (TPSA) is 131 Å². The van der Waals surface area contributed by atoms with E-state index in [4.69, 9.17) is 20.0 Å². The number of ether oxygens (including phenoxy) is 1. The van der Waals surface area contributed by atoms with Gasteiger partial charge in [0, 0.05) is 19.5 Å². The summed E-state index contributed by atoms with van der Waals surface area (Å²) in [5.74, 6) is 1.92. The van der Waals surface area contributed by atoms with E-state index in [0.29, 0.717) is 42.3 Å². The van der Waals surface area contributed by atoms with Gasteiger partial charge in [0.05, 0.1) is 48.4 Å². The molecule has 0 amide bonds. The number of methoxy groups -OCH3 is 1. The van der Waals surface area contributed by atoms with Crippen LogP contribution in [0.4, 0.5) is 5.82 Å². The number of pyridine rings is 1. The van der Waals surface area contributed by atoms with E-state index in [0.717, 1.165) is 29.7 Å². The highest BCUT2D eigenvalue weighted by Crippen LogP contribution is 2.50. The molecule has 164 valence electrons. The third-order valence-corrected chi connectivity index (χ3v) is 5.99. The van der Waals surface area contributed by atoms with Crippen molar-refractivity contribution in [3.05, 3.63) is 54.5 Å². The van der Waals surface area contributed by atoms with E-state index in [2.05, 4.69) is 38.2 Å². The Hall–Kier alpha value is -3.66. The Morgan fingerprint density at radius 2 is 1.97 bits per heavy atom. The van der Waals surface area contributed by atoms with Crippen molar-refractivity contribution in [1.82, 2.24) is 34.9 Å². The van der Waals surface area contributed by atoms with Gasteiger partial charge >= 0.3 is 0 Å². The number of rotatable bonds is 8. The van der Waals surface area contributed by atoms with Crippen LogP contribution in [0, 0.1) is 5.92 Å². The minimum atomic E-state index is -0.397. The van der Waals surface area contributed by atoms with Crippen molar-refractivity contribution < 1.29 is 9.26 Å². The molecule has 1 aliphatic rings. The van der Waals surface area contributed by atoms with E-state index in [9.17, 15) is 0 Å². The van der Waals surface area contributed by atoms with Gasteiger partial charge < -0.3 is 15.0 Å². The monoisotopic (exact) mass is 432 g/mol. The van der Waals surface area contributed by atoms with Crippen LogP contribution in [-0.2, 0) is 16.7 Å². The third-order valence-electron chi connectivity index (χ3n) is 5.99. The number of hydrogen-bond acceptors (Lipinski definition) is 9. The van der Waals surface area contributed by atoms with Crippen molar-refractivity contribution in [2.45, 2.75) is 31.7 Å². The van der Waals surface area contributed by atoms with Crippen molar-refractivity contribution in [1.29, 1.82) is 0 Å². The van der Waals surface area contributed by atoms with Crippen LogP contribution < -0.4 is 5.73 Å². The highest BCUT2D eigenvalue weighted by Gasteiger charge is 2.47. The zero-order valence-electron chi connectivity index (χ0n) is 18.0. The van der Waals surface area contributed by atoms with E-state index in [1.807, 2.05) is 18.5 Å². The molecule has 1 atom stereocenters. The van der Waals surface area contributed by atoms with Crippen LogP contribution in [0.5, 0.6) is 0 Å². The van der Waals surface area contributed by atoms with Crippen molar-refractivity contribution in [2.24, 2.45) is 5.92 Å². The Labute approximate surface area is 184 Å². The maximum Gasteiger partial charge on any atom is 0.261 e. The number of aromatic nitrogens is 7. The minimum absolute atomic E-state index is 0.379. The molecular formula is C22H24N8O2. The van der Waals surface area contributed by atoms with Crippen molar-refractivity contribution in [3.8, 4) is 22.8 Å².